The molecule has 1 N–H and O–H groups in total. The number of hydrogen-bond acceptors (Lipinski definition) is 2. The molecule has 3 atom stereocenters. The van der Waals surface area contributed by atoms with Gasteiger partial charge in [0.25, 0.3) is 0 Å². The number of amides is 1. The molecule has 3 unspecified atom stereocenters. The molecule has 1 heterocycles. The van der Waals surface area contributed by atoms with E-state index in [1.165, 1.54) is 0 Å². The first-order valence-corrected chi connectivity index (χ1v) is 6.29. The van der Waals surface area contributed by atoms with E-state index in [0.29, 0.717) is 24.8 Å². The van der Waals surface area contributed by atoms with Gasteiger partial charge in [0.2, 0.25) is 5.91 Å². The first-order valence-electron chi connectivity index (χ1n) is 6.29. The smallest absolute Gasteiger partial charge is 0.223 e. The molecule has 1 aliphatic carbocycles. The molecule has 1 fully saturated rings. The number of carbonyl (C=O) groups excluding carboxylic acids is 1. The highest BCUT2D eigenvalue weighted by atomic mass is 16.3. The van der Waals surface area contributed by atoms with Crippen molar-refractivity contribution < 1.29 is 9.90 Å². The van der Waals surface area contributed by atoms with Gasteiger partial charge in [-0.2, -0.15) is 0 Å². The highest BCUT2D eigenvalue weighted by Crippen LogP contribution is 2.23. The fourth-order valence-electron chi connectivity index (χ4n) is 2.49. The van der Waals surface area contributed by atoms with Crippen LogP contribution in [-0.2, 0) is 4.79 Å². The Morgan fingerprint density at radius 1 is 1.50 bits per heavy atom. The number of piperidine rings is 1. The molecule has 1 aliphatic heterocycles. The van der Waals surface area contributed by atoms with Crippen molar-refractivity contribution in [1.29, 1.82) is 0 Å². The van der Waals surface area contributed by atoms with Crippen molar-refractivity contribution >= 4 is 5.91 Å². The van der Waals surface area contributed by atoms with Crippen LogP contribution in [0.5, 0.6) is 0 Å². The van der Waals surface area contributed by atoms with Crippen LogP contribution in [-0.4, -0.2) is 35.1 Å². The molecular weight excluding hydrogens is 202 g/mol. The monoisotopic (exact) mass is 223 g/mol. The average Bonchev–Trinajstić information content (AvgIpc) is 2.74. The summed E-state index contributed by atoms with van der Waals surface area (Å²) in [6, 6.07) is 0. The fourth-order valence-corrected chi connectivity index (χ4v) is 2.49. The van der Waals surface area contributed by atoms with Crippen LogP contribution >= 0.6 is 0 Å². The van der Waals surface area contributed by atoms with E-state index in [2.05, 4.69) is 12.2 Å². The van der Waals surface area contributed by atoms with E-state index in [9.17, 15) is 9.90 Å². The largest absolute Gasteiger partial charge is 0.391 e. The molecule has 90 valence electrons. The molecule has 0 aromatic rings. The summed E-state index contributed by atoms with van der Waals surface area (Å²) in [6.07, 6.45) is 7.74. The minimum Gasteiger partial charge on any atom is -0.391 e. The zero-order chi connectivity index (χ0) is 11.5. The summed E-state index contributed by atoms with van der Waals surface area (Å²) in [6.45, 7) is 3.39. The maximum absolute atomic E-state index is 12.0. The van der Waals surface area contributed by atoms with Gasteiger partial charge in [0.1, 0.15) is 0 Å². The molecule has 0 spiro atoms. The van der Waals surface area contributed by atoms with Crippen molar-refractivity contribution in [1.82, 2.24) is 4.90 Å². The van der Waals surface area contributed by atoms with Crippen LogP contribution in [0, 0.1) is 11.8 Å². The minimum atomic E-state index is -0.336. The number of aliphatic hydroxyl groups is 1. The quantitative estimate of drug-likeness (QED) is 0.722. The molecule has 0 saturated carbocycles. The molecule has 16 heavy (non-hydrogen) atoms. The number of hydrogen-bond donors (Lipinski definition) is 1. The lowest BCUT2D eigenvalue weighted by Gasteiger charge is -2.34. The van der Waals surface area contributed by atoms with Crippen LogP contribution in [0.4, 0.5) is 0 Å². The summed E-state index contributed by atoms with van der Waals surface area (Å²) in [5, 5.41) is 9.75. The molecule has 1 saturated heterocycles. The van der Waals surface area contributed by atoms with Crippen LogP contribution in [0.2, 0.25) is 0 Å². The number of allylic oxidation sites excluding steroid dienone is 2. The molecule has 3 nitrogen and oxygen atoms in total. The van der Waals surface area contributed by atoms with Crippen molar-refractivity contribution in [3.8, 4) is 0 Å². The molecule has 0 radical (unpaired) electrons. The van der Waals surface area contributed by atoms with Gasteiger partial charge in [0, 0.05) is 19.5 Å². The molecule has 0 aromatic carbocycles. The van der Waals surface area contributed by atoms with Gasteiger partial charge in [-0.1, -0.05) is 19.1 Å². The second-order valence-corrected chi connectivity index (χ2v) is 5.14. The number of rotatable bonds is 2. The van der Waals surface area contributed by atoms with Crippen molar-refractivity contribution in [2.24, 2.45) is 11.8 Å². The number of β-amino-alcohol motifs (C(OH)–C–C–N with tert-alkyl or cyclic N) is 1. The number of carbonyl (C=O) groups is 1. The Labute approximate surface area is 97.1 Å². The third-order valence-corrected chi connectivity index (χ3v) is 3.82. The summed E-state index contributed by atoms with van der Waals surface area (Å²) >= 11 is 0. The van der Waals surface area contributed by atoms with E-state index in [1.54, 1.807) is 0 Å². The maximum atomic E-state index is 12.0. The highest BCUT2D eigenvalue weighted by Gasteiger charge is 2.28. The van der Waals surface area contributed by atoms with Crippen molar-refractivity contribution in [3.05, 3.63) is 12.2 Å². The third-order valence-electron chi connectivity index (χ3n) is 3.82. The van der Waals surface area contributed by atoms with E-state index in [0.717, 1.165) is 25.8 Å². The Kier molecular flexibility index (Phi) is 3.64. The molecule has 3 heteroatoms. The number of likely N-dealkylation sites (tertiary alicyclic amines) is 1. The minimum absolute atomic E-state index is 0.211. The molecule has 0 aromatic heterocycles. The number of nitrogens with zero attached hydrogens (tertiary/aromatic N) is 1. The lowest BCUT2D eigenvalue weighted by atomic mass is 9.95. The maximum Gasteiger partial charge on any atom is 0.223 e. The summed E-state index contributed by atoms with van der Waals surface area (Å²) in [5.41, 5.74) is 0. The summed E-state index contributed by atoms with van der Waals surface area (Å²) < 4.78 is 0. The second-order valence-electron chi connectivity index (χ2n) is 5.14. The van der Waals surface area contributed by atoms with E-state index in [1.807, 2.05) is 11.8 Å². The predicted molar refractivity (Wildman–Crippen MR) is 62.8 cm³/mol. The van der Waals surface area contributed by atoms with Crippen molar-refractivity contribution in [3.63, 3.8) is 0 Å². The molecular formula is C13H21NO2. The average molecular weight is 223 g/mol. The van der Waals surface area contributed by atoms with Gasteiger partial charge in [-0.3, -0.25) is 4.79 Å². The predicted octanol–water partition coefficient (Wildman–Crippen LogP) is 1.57. The van der Waals surface area contributed by atoms with Crippen LogP contribution in [0.1, 0.15) is 32.6 Å². The number of aliphatic hydroxyl groups excluding tert-OH is 1. The third kappa shape index (κ3) is 2.64. The SMILES string of the molecule is CC1CCN(C(=O)CC2C=CCC2)CC1O. The van der Waals surface area contributed by atoms with Crippen LogP contribution in [0.25, 0.3) is 0 Å². The van der Waals surface area contributed by atoms with E-state index in [-0.39, 0.29) is 12.0 Å². The van der Waals surface area contributed by atoms with Crippen molar-refractivity contribution in [2.75, 3.05) is 13.1 Å². The Morgan fingerprint density at radius 2 is 2.31 bits per heavy atom. The van der Waals surface area contributed by atoms with E-state index in [4.69, 9.17) is 0 Å². The van der Waals surface area contributed by atoms with E-state index < -0.39 is 0 Å². The molecule has 2 rings (SSSR count). The van der Waals surface area contributed by atoms with Gasteiger partial charge in [-0.25, -0.2) is 0 Å². The second kappa shape index (κ2) is 5.00. The normalized spacial score (nSPS) is 34.4. The Morgan fingerprint density at radius 3 is 2.94 bits per heavy atom. The molecule has 2 aliphatic rings. The summed E-state index contributed by atoms with van der Waals surface area (Å²) in [5.74, 6) is 0.974. The molecule has 0 bridgehead atoms. The van der Waals surface area contributed by atoms with E-state index >= 15 is 0 Å². The van der Waals surface area contributed by atoms with Gasteiger partial charge in [0.05, 0.1) is 6.10 Å². The fraction of sp³-hybridized carbons (Fsp3) is 0.769. The Hall–Kier alpha value is -0.830. The zero-order valence-electron chi connectivity index (χ0n) is 9.93. The standard InChI is InChI=1S/C13H21NO2/c1-10-6-7-14(9-12(10)15)13(16)8-11-4-2-3-5-11/h2,4,10-12,15H,3,5-9H2,1H3. The first kappa shape index (κ1) is 11.6. The Balaban J connectivity index is 1.83. The summed E-state index contributed by atoms with van der Waals surface area (Å²) in [4.78, 5) is 13.8. The first-order chi connectivity index (χ1) is 7.66. The van der Waals surface area contributed by atoms with Gasteiger partial charge >= 0.3 is 0 Å². The van der Waals surface area contributed by atoms with Gasteiger partial charge in [0.15, 0.2) is 0 Å². The van der Waals surface area contributed by atoms with Gasteiger partial charge < -0.3 is 10.0 Å². The van der Waals surface area contributed by atoms with Crippen LogP contribution in [0.15, 0.2) is 12.2 Å². The summed E-state index contributed by atoms with van der Waals surface area (Å²) in [7, 11) is 0. The molecule has 1 amide bonds. The van der Waals surface area contributed by atoms with Crippen LogP contribution in [0.3, 0.4) is 0 Å². The zero-order valence-corrected chi connectivity index (χ0v) is 9.93. The lowest BCUT2D eigenvalue weighted by molar-refractivity contribution is -0.136. The highest BCUT2D eigenvalue weighted by molar-refractivity contribution is 5.76. The topological polar surface area (TPSA) is 40.5 Å². The van der Waals surface area contributed by atoms with Crippen molar-refractivity contribution in [2.45, 2.75) is 38.7 Å². The van der Waals surface area contributed by atoms with Gasteiger partial charge in [-0.05, 0) is 31.1 Å². The lowest BCUT2D eigenvalue weighted by Crippen LogP contribution is -2.46. The Bertz CT molecular complexity index is 288. The van der Waals surface area contributed by atoms with Crippen LogP contribution < -0.4 is 0 Å². The van der Waals surface area contributed by atoms with Gasteiger partial charge in [-0.15, -0.1) is 0 Å².